The highest BCUT2D eigenvalue weighted by molar-refractivity contribution is 6.31. The van der Waals surface area contributed by atoms with Gasteiger partial charge in [0.05, 0.1) is 10.6 Å². The molecular formula is C16H9ClF3NO. The lowest BCUT2D eigenvalue weighted by Gasteiger charge is -2.10. The molecular weight excluding hydrogens is 315 g/mol. The summed E-state index contributed by atoms with van der Waals surface area (Å²) in [6, 6.07) is 8.62. The zero-order valence-electron chi connectivity index (χ0n) is 11.0. The van der Waals surface area contributed by atoms with Gasteiger partial charge in [0.15, 0.2) is 0 Å². The Hall–Kier alpha value is -2.45. The summed E-state index contributed by atoms with van der Waals surface area (Å²) in [4.78, 5) is 12.0. The maximum Gasteiger partial charge on any atom is 0.416 e. The first-order valence-corrected chi connectivity index (χ1v) is 6.44. The number of carbonyl (C=O) groups is 1. The summed E-state index contributed by atoms with van der Waals surface area (Å²) >= 11 is 5.84. The van der Waals surface area contributed by atoms with E-state index in [0.717, 1.165) is 12.1 Å². The van der Waals surface area contributed by atoms with E-state index in [0.29, 0.717) is 16.3 Å². The minimum atomic E-state index is -4.51. The molecule has 0 bridgehead atoms. The average molecular weight is 324 g/mol. The van der Waals surface area contributed by atoms with E-state index < -0.39 is 17.6 Å². The lowest BCUT2D eigenvalue weighted by molar-refractivity contribution is -0.137. The predicted octanol–water partition coefficient (Wildman–Crippen LogP) is 4.59. The molecule has 0 aliphatic heterocycles. The van der Waals surface area contributed by atoms with Crippen LogP contribution in [0.25, 0.3) is 0 Å². The third kappa shape index (κ3) is 3.60. The topological polar surface area (TPSA) is 29.1 Å². The number of carbonyl (C=O) groups excluding carboxylic acids is 1. The fourth-order valence-electron chi connectivity index (χ4n) is 1.75. The van der Waals surface area contributed by atoms with E-state index in [1.807, 2.05) is 0 Å². The van der Waals surface area contributed by atoms with Crippen LogP contribution in [0.15, 0.2) is 42.5 Å². The Kier molecular flexibility index (Phi) is 4.43. The fraction of sp³-hybridized carbons (Fsp3) is 0.0625. The van der Waals surface area contributed by atoms with Crippen LogP contribution < -0.4 is 5.32 Å². The molecule has 2 aromatic rings. The average Bonchev–Trinajstić information content (AvgIpc) is 2.48. The van der Waals surface area contributed by atoms with Gasteiger partial charge < -0.3 is 5.32 Å². The molecule has 2 aromatic carbocycles. The van der Waals surface area contributed by atoms with Crippen LogP contribution in [0.1, 0.15) is 21.5 Å². The Balaban J connectivity index is 2.25. The van der Waals surface area contributed by atoms with Gasteiger partial charge in [0.25, 0.3) is 5.91 Å². The third-order valence-electron chi connectivity index (χ3n) is 2.83. The van der Waals surface area contributed by atoms with Crippen LogP contribution in [0, 0.1) is 12.3 Å². The fourth-order valence-corrected chi connectivity index (χ4v) is 1.93. The van der Waals surface area contributed by atoms with E-state index in [2.05, 4.69) is 11.2 Å². The first kappa shape index (κ1) is 15.9. The summed E-state index contributed by atoms with van der Waals surface area (Å²) in [6.45, 7) is 0. The van der Waals surface area contributed by atoms with Crippen LogP contribution in [-0.2, 0) is 6.18 Å². The van der Waals surface area contributed by atoms with Crippen molar-refractivity contribution in [3.8, 4) is 12.3 Å². The van der Waals surface area contributed by atoms with Gasteiger partial charge in [0.2, 0.25) is 0 Å². The number of halogens is 4. The molecule has 1 amide bonds. The van der Waals surface area contributed by atoms with Gasteiger partial charge in [-0.25, -0.2) is 0 Å². The minimum absolute atomic E-state index is 0.105. The van der Waals surface area contributed by atoms with Crippen molar-refractivity contribution < 1.29 is 18.0 Å². The Labute approximate surface area is 129 Å². The Morgan fingerprint density at radius 3 is 2.55 bits per heavy atom. The van der Waals surface area contributed by atoms with Gasteiger partial charge >= 0.3 is 6.18 Å². The van der Waals surface area contributed by atoms with E-state index in [9.17, 15) is 18.0 Å². The van der Waals surface area contributed by atoms with Crippen LogP contribution in [0.3, 0.4) is 0 Å². The van der Waals surface area contributed by atoms with Crippen molar-refractivity contribution in [3.63, 3.8) is 0 Å². The van der Waals surface area contributed by atoms with Gasteiger partial charge in [-0.3, -0.25) is 4.79 Å². The predicted molar refractivity (Wildman–Crippen MR) is 78.8 cm³/mol. The molecule has 0 atom stereocenters. The summed E-state index contributed by atoms with van der Waals surface area (Å²) in [6.07, 6.45) is 0.750. The summed E-state index contributed by atoms with van der Waals surface area (Å²) in [7, 11) is 0. The van der Waals surface area contributed by atoms with Gasteiger partial charge in [-0.05, 0) is 36.4 Å². The summed E-state index contributed by atoms with van der Waals surface area (Å²) in [5, 5.41) is 2.83. The molecule has 22 heavy (non-hydrogen) atoms. The van der Waals surface area contributed by atoms with Gasteiger partial charge in [0, 0.05) is 16.8 Å². The second kappa shape index (κ2) is 6.12. The molecule has 1 N–H and O–H groups in total. The molecule has 0 aliphatic carbocycles. The molecule has 0 heterocycles. The van der Waals surface area contributed by atoms with E-state index in [4.69, 9.17) is 18.0 Å². The van der Waals surface area contributed by atoms with Crippen molar-refractivity contribution >= 4 is 23.2 Å². The van der Waals surface area contributed by atoms with E-state index >= 15 is 0 Å². The number of alkyl halides is 3. The summed E-state index contributed by atoms with van der Waals surface area (Å²) < 4.78 is 37.9. The molecule has 0 unspecified atom stereocenters. The van der Waals surface area contributed by atoms with Crippen molar-refractivity contribution in [1.29, 1.82) is 0 Å². The number of hydrogen-bond donors (Lipinski definition) is 1. The second-order valence-corrected chi connectivity index (χ2v) is 4.78. The Bertz CT molecular complexity index is 763. The van der Waals surface area contributed by atoms with E-state index in [1.165, 1.54) is 30.3 Å². The zero-order chi connectivity index (χ0) is 16.3. The van der Waals surface area contributed by atoms with E-state index in [1.54, 1.807) is 0 Å². The molecule has 112 valence electrons. The Morgan fingerprint density at radius 2 is 1.91 bits per heavy atom. The molecule has 0 fully saturated rings. The van der Waals surface area contributed by atoms with Crippen LogP contribution >= 0.6 is 11.6 Å². The highest BCUT2D eigenvalue weighted by Crippen LogP contribution is 2.29. The monoisotopic (exact) mass is 323 g/mol. The molecule has 2 rings (SSSR count). The van der Waals surface area contributed by atoms with Crippen molar-refractivity contribution in [2.24, 2.45) is 0 Å². The number of nitrogens with one attached hydrogen (secondary N) is 1. The van der Waals surface area contributed by atoms with Gasteiger partial charge in [-0.2, -0.15) is 13.2 Å². The number of anilines is 1. The van der Waals surface area contributed by atoms with Crippen molar-refractivity contribution in [1.82, 2.24) is 0 Å². The van der Waals surface area contributed by atoms with Gasteiger partial charge in [0.1, 0.15) is 0 Å². The molecule has 0 saturated heterocycles. The number of terminal acetylenes is 1. The molecule has 0 saturated carbocycles. The molecule has 0 spiro atoms. The van der Waals surface area contributed by atoms with Gasteiger partial charge in [-0.1, -0.05) is 23.6 Å². The largest absolute Gasteiger partial charge is 0.416 e. The lowest BCUT2D eigenvalue weighted by atomic mass is 10.1. The SMILES string of the molecule is C#Cc1cc(NC(=O)c2cccc(C(F)(F)F)c2)ccc1Cl. The number of rotatable bonds is 2. The molecule has 6 heteroatoms. The van der Waals surface area contributed by atoms with Crippen LogP contribution in [0.4, 0.5) is 18.9 Å². The maximum absolute atomic E-state index is 12.6. The third-order valence-corrected chi connectivity index (χ3v) is 3.16. The molecule has 0 aliphatic rings. The maximum atomic E-state index is 12.6. The second-order valence-electron chi connectivity index (χ2n) is 4.37. The summed E-state index contributed by atoms with van der Waals surface area (Å²) in [5.74, 6) is 1.68. The normalized spacial score (nSPS) is 10.9. The number of benzene rings is 2. The van der Waals surface area contributed by atoms with Crippen molar-refractivity contribution in [2.75, 3.05) is 5.32 Å². The molecule has 0 radical (unpaired) electrons. The first-order chi connectivity index (χ1) is 10.3. The van der Waals surface area contributed by atoms with Crippen molar-refractivity contribution in [3.05, 3.63) is 64.2 Å². The summed E-state index contributed by atoms with van der Waals surface area (Å²) in [5.41, 5.74) is -0.268. The van der Waals surface area contributed by atoms with Crippen LogP contribution in [-0.4, -0.2) is 5.91 Å². The van der Waals surface area contributed by atoms with Crippen molar-refractivity contribution in [2.45, 2.75) is 6.18 Å². The number of hydrogen-bond acceptors (Lipinski definition) is 1. The lowest BCUT2D eigenvalue weighted by Crippen LogP contribution is -2.14. The highest BCUT2D eigenvalue weighted by Gasteiger charge is 2.30. The van der Waals surface area contributed by atoms with Crippen LogP contribution in [0.5, 0.6) is 0 Å². The van der Waals surface area contributed by atoms with Crippen LogP contribution in [0.2, 0.25) is 5.02 Å². The zero-order valence-corrected chi connectivity index (χ0v) is 11.8. The standard InChI is InChI=1S/C16H9ClF3NO/c1-2-10-9-13(6-7-14(10)17)21-15(22)11-4-3-5-12(8-11)16(18,19)20/h1,3-9H,(H,21,22). The Morgan fingerprint density at radius 1 is 1.18 bits per heavy atom. The molecule has 2 nitrogen and oxygen atoms in total. The number of amides is 1. The first-order valence-electron chi connectivity index (χ1n) is 6.06. The minimum Gasteiger partial charge on any atom is -0.322 e. The quantitative estimate of drug-likeness (QED) is 0.804. The smallest absolute Gasteiger partial charge is 0.322 e. The van der Waals surface area contributed by atoms with Gasteiger partial charge in [-0.15, -0.1) is 6.42 Å². The highest BCUT2D eigenvalue weighted by atomic mass is 35.5. The molecule has 0 aromatic heterocycles. The van der Waals surface area contributed by atoms with E-state index in [-0.39, 0.29) is 5.56 Å².